The first kappa shape index (κ1) is 13.4. The third-order valence-corrected chi connectivity index (χ3v) is 3.97. The van der Waals surface area contributed by atoms with Crippen LogP contribution in [0.5, 0.6) is 5.75 Å². The summed E-state index contributed by atoms with van der Waals surface area (Å²) < 4.78 is 46.9. The maximum absolute atomic E-state index is 12.4. The minimum absolute atomic E-state index is 0.0966. The van der Waals surface area contributed by atoms with E-state index in [4.69, 9.17) is 9.84 Å². The Balaban J connectivity index is 2.10. The maximum atomic E-state index is 12.4. The van der Waals surface area contributed by atoms with Crippen molar-refractivity contribution in [2.75, 3.05) is 0 Å². The van der Waals surface area contributed by atoms with Gasteiger partial charge in [-0.2, -0.15) is 0 Å². The number of alkyl halides is 3. The van der Waals surface area contributed by atoms with Gasteiger partial charge < -0.3 is 14.6 Å². The molecule has 106 valence electrons. The number of fused-ring (bicyclic) bond motifs is 5. The Kier molecular flexibility index (Phi) is 2.84. The lowest BCUT2D eigenvalue weighted by Gasteiger charge is -2.18. The third-order valence-electron chi connectivity index (χ3n) is 3.12. The van der Waals surface area contributed by atoms with Crippen molar-refractivity contribution in [3.8, 4) is 5.75 Å². The summed E-state index contributed by atoms with van der Waals surface area (Å²) >= 11 is 3.13. The molecule has 0 spiro atoms. The minimum Gasteiger partial charge on any atom is -0.478 e. The van der Waals surface area contributed by atoms with Gasteiger partial charge in [-0.1, -0.05) is 28.1 Å². The normalized spacial score (nSPS) is 24.0. The van der Waals surface area contributed by atoms with E-state index in [1.165, 1.54) is 6.07 Å². The fourth-order valence-corrected chi connectivity index (χ4v) is 3.18. The van der Waals surface area contributed by atoms with Crippen molar-refractivity contribution in [1.82, 2.24) is 0 Å². The molecule has 0 saturated carbocycles. The predicted molar refractivity (Wildman–Crippen MR) is 63.3 cm³/mol. The number of benzene rings is 1. The molecule has 2 aliphatic rings. The molecule has 2 heterocycles. The van der Waals surface area contributed by atoms with Gasteiger partial charge in [0.15, 0.2) is 0 Å². The smallest absolute Gasteiger partial charge is 0.478 e. The Bertz CT molecular complexity index is 638. The lowest BCUT2D eigenvalue weighted by atomic mass is 9.91. The van der Waals surface area contributed by atoms with Crippen molar-refractivity contribution in [3.63, 3.8) is 0 Å². The van der Waals surface area contributed by atoms with Gasteiger partial charge in [-0.05, 0) is 11.6 Å². The molecule has 1 aromatic carbocycles. The van der Waals surface area contributed by atoms with E-state index in [1.807, 2.05) is 0 Å². The van der Waals surface area contributed by atoms with E-state index in [9.17, 15) is 18.0 Å². The number of hydrogen-bond acceptors (Lipinski definition) is 3. The van der Waals surface area contributed by atoms with E-state index >= 15 is 0 Å². The molecular formula is C12H6BrF3O4. The number of rotatable bonds is 2. The minimum atomic E-state index is -4.85. The summed E-state index contributed by atoms with van der Waals surface area (Å²) in [5, 5.41) is 9.12. The van der Waals surface area contributed by atoms with Crippen LogP contribution in [0.15, 0.2) is 28.3 Å². The molecule has 0 amide bonds. The molecule has 2 atom stereocenters. The quantitative estimate of drug-likeness (QED) is 0.887. The molecule has 0 aliphatic carbocycles. The summed E-state index contributed by atoms with van der Waals surface area (Å²) in [4.78, 5) is 11.2. The fourth-order valence-electron chi connectivity index (χ4n) is 2.45. The standard InChI is InChI=1S/C12H6BrF3O4/c13-8-7(11(17)18)10-6-4(9(8)19-10)2-1-3-5(6)20-12(14,15)16/h1-3,9-10H,(H,17,18)/t9-,10-/m0/s1. The molecule has 20 heavy (non-hydrogen) atoms. The molecule has 0 saturated heterocycles. The van der Waals surface area contributed by atoms with Gasteiger partial charge in [-0.25, -0.2) is 4.79 Å². The lowest BCUT2D eigenvalue weighted by molar-refractivity contribution is -0.275. The highest BCUT2D eigenvalue weighted by Gasteiger charge is 2.49. The van der Waals surface area contributed by atoms with Gasteiger partial charge in [0.05, 0.1) is 5.57 Å². The van der Waals surface area contributed by atoms with Crippen molar-refractivity contribution in [2.24, 2.45) is 0 Å². The largest absolute Gasteiger partial charge is 0.573 e. The van der Waals surface area contributed by atoms with Crippen molar-refractivity contribution < 1.29 is 32.5 Å². The van der Waals surface area contributed by atoms with Crippen molar-refractivity contribution >= 4 is 21.9 Å². The molecule has 3 rings (SSSR count). The van der Waals surface area contributed by atoms with Crippen LogP contribution in [0.3, 0.4) is 0 Å². The zero-order valence-corrected chi connectivity index (χ0v) is 11.2. The number of halogens is 4. The Labute approximate surface area is 118 Å². The van der Waals surface area contributed by atoms with E-state index < -0.39 is 30.3 Å². The topological polar surface area (TPSA) is 55.8 Å². The first-order valence-electron chi connectivity index (χ1n) is 5.46. The average molecular weight is 351 g/mol. The van der Waals surface area contributed by atoms with Crippen molar-refractivity contribution in [1.29, 1.82) is 0 Å². The van der Waals surface area contributed by atoms with Crippen molar-refractivity contribution in [3.05, 3.63) is 39.4 Å². The highest BCUT2D eigenvalue weighted by atomic mass is 79.9. The van der Waals surface area contributed by atoms with Gasteiger partial charge >= 0.3 is 12.3 Å². The Morgan fingerprint density at radius 3 is 2.65 bits per heavy atom. The summed E-state index contributed by atoms with van der Waals surface area (Å²) in [7, 11) is 0. The molecule has 1 N–H and O–H groups in total. The van der Waals surface area contributed by atoms with E-state index in [1.54, 1.807) is 6.07 Å². The molecule has 4 nitrogen and oxygen atoms in total. The molecule has 0 radical (unpaired) electrons. The number of aliphatic carboxylic acids is 1. The maximum Gasteiger partial charge on any atom is 0.573 e. The highest BCUT2D eigenvalue weighted by molar-refractivity contribution is 9.11. The third kappa shape index (κ3) is 1.90. The first-order chi connectivity index (χ1) is 9.29. The number of carbonyl (C=O) groups is 1. The van der Waals surface area contributed by atoms with Crippen LogP contribution in [0.2, 0.25) is 0 Å². The Morgan fingerprint density at radius 1 is 1.35 bits per heavy atom. The zero-order chi connectivity index (χ0) is 14.7. The second kappa shape index (κ2) is 4.23. The van der Waals surface area contributed by atoms with Crippen LogP contribution in [0.4, 0.5) is 13.2 Å². The molecule has 0 aromatic heterocycles. The van der Waals surface area contributed by atoms with Crippen molar-refractivity contribution in [2.45, 2.75) is 18.6 Å². The predicted octanol–water partition coefficient (Wildman–Crippen LogP) is 3.44. The molecular weight excluding hydrogens is 345 g/mol. The molecule has 0 unspecified atom stereocenters. The summed E-state index contributed by atoms with van der Waals surface area (Å²) in [5.41, 5.74) is 0.504. The summed E-state index contributed by atoms with van der Waals surface area (Å²) in [6.07, 6.45) is -6.60. The summed E-state index contributed by atoms with van der Waals surface area (Å²) in [5.74, 6) is -1.67. The molecule has 1 aromatic rings. The molecule has 2 aliphatic heterocycles. The second-order valence-electron chi connectivity index (χ2n) is 4.27. The summed E-state index contributed by atoms with van der Waals surface area (Å²) in [6.45, 7) is 0. The number of hydrogen-bond donors (Lipinski definition) is 1. The van der Waals surface area contributed by atoms with Crippen LogP contribution in [-0.4, -0.2) is 17.4 Å². The highest BCUT2D eigenvalue weighted by Crippen LogP contribution is 2.58. The van der Waals surface area contributed by atoms with Crippen LogP contribution < -0.4 is 4.74 Å². The molecule has 8 heteroatoms. The van der Waals surface area contributed by atoms with E-state index in [-0.39, 0.29) is 11.1 Å². The second-order valence-corrected chi connectivity index (χ2v) is 5.12. The average Bonchev–Trinajstić information content (AvgIpc) is 2.82. The van der Waals surface area contributed by atoms with Crippen LogP contribution in [0, 0.1) is 0 Å². The van der Waals surface area contributed by atoms with Gasteiger partial charge in [-0.3, -0.25) is 0 Å². The molecule has 2 bridgehead atoms. The summed E-state index contributed by atoms with van der Waals surface area (Å²) in [6, 6.07) is 4.14. The van der Waals surface area contributed by atoms with Gasteiger partial charge in [0.25, 0.3) is 0 Å². The van der Waals surface area contributed by atoms with E-state index in [0.717, 1.165) is 6.07 Å². The number of ether oxygens (including phenoxy) is 2. The molecule has 0 fully saturated rings. The monoisotopic (exact) mass is 350 g/mol. The number of carboxylic acid groups (broad SMARTS) is 1. The SMILES string of the molecule is O=C(O)C1=C(Br)[C@H]2O[C@H]1c1c(OC(F)(F)F)cccc12. The number of carboxylic acids is 1. The van der Waals surface area contributed by atoms with Crippen LogP contribution in [0.1, 0.15) is 23.3 Å². The fraction of sp³-hybridized carbons (Fsp3) is 0.250. The van der Waals surface area contributed by atoms with Gasteiger partial charge in [-0.15, -0.1) is 13.2 Å². The van der Waals surface area contributed by atoms with E-state index in [2.05, 4.69) is 20.7 Å². The first-order valence-corrected chi connectivity index (χ1v) is 6.26. The van der Waals surface area contributed by atoms with Crippen LogP contribution in [-0.2, 0) is 9.53 Å². The Hall–Kier alpha value is -1.54. The van der Waals surface area contributed by atoms with Crippen LogP contribution in [0.25, 0.3) is 0 Å². The zero-order valence-electron chi connectivity index (χ0n) is 9.57. The van der Waals surface area contributed by atoms with Gasteiger partial charge in [0, 0.05) is 10.0 Å². The van der Waals surface area contributed by atoms with Crippen LogP contribution >= 0.6 is 15.9 Å². The lowest BCUT2D eigenvalue weighted by Crippen LogP contribution is -2.20. The Morgan fingerprint density at radius 2 is 2.05 bits per heavy atom. The van der Waals surface area contributed by atoms with E-state index in [0.29, 0.717) is 10.0 Å². The van der Waals surface area contributed by atoms with Gasteiger partial charge in [0.1, 0.15) is 18.0 Å². The van der Waals surface area contributed by atoms with Gasteiger partial charge in [0.2, 0.25) is 0 Å².